The fourth-order valence-corrected chi connectivity index (χ4v) is 3.27. The molecule has 0 aliphatic carbocycles. The van der Waals surface area contributed by atoms with Crippen LogP contribution < -0.4 is 0 Å². The maximum absolute atomic E-state index is 12.7. The molecule has 2 aromatic rings. The Morgan fingerprint density at radius 2 is 2.28 bits per heavy atom. The van der Waals surface area contributed by atoms with Crippen molar-refractivity contribution in [3.63, 3.8) is 0 Å². The predicted octanol–water partition coefficient (Wildman–Crippen LogP) is 3.08. The third kappa shape index (κ3) is 3.89. The highest BCUT2D eigenvalue weighted by molar-refractivity contribution is 5.76. The van der Waals surface area contributed by atoms with E-state index >= 15 is 0 Å². The maximum atomic E-state index is 12.7. The molecule has 0 unspecified atom stereocenters. The highest BCUT2D eigenvalue weighted by Crippen LogP contribution is 2.35. The van der Waals surface area contributed by atoms with Crippen LogP contribution in [0.3, 0.4) is 0 Å². The molecule has 0 radical (unpaired) electrons. The molecule has 1 amide bonds. The van der Waals surface area contributed by atoms with E-state index in [0.717, 1.165) is 24.4 Å². The highest BCUT2D eigenvalue weighted by atomic mass is 16.6. The molecule has 1 aliphatic rings. The van der Waals surface area contributed by atoms with E-state index in [-0.39, 0.29) is 24.1 Å². The third-order valence-electron chi connectivity index (χ3n) is 4.66. The molecule has 25 heavy (non-hydrogen) atoms. The molecule has 1 fully saturated rings. The maximum Gasteiger partial charge on any atom is 0.306 e. The van der Waals surface area contributed by atoms with Gasteiger partial charge in [-0.2, -0.15) is 5.10 Å². The first-order valence-electron chi connectivity index (χ1n) is 8.46. The van der Waals surface area contributed by atoms with Crippen LogP contribution in [0.15, 0.2) is 28.9 Å². The van der Waals surface area contributed by atoms with E-state index in [1.165, 1.54) is 17.1 Å². The Morgan fingerprint density at radius 3 is 2.92 bits per heavy atom. The Kier molecular flexibility index (Phi) is 4.87. The second-order valence-electron chi connectivity index (χ2n) is 6.65. The van der Waals surface area contributed by atoms with Crippen molar-refractivity contribution in [1.29, 1.82) is 0 Å². The number of amides is 1. The summed E-state index contributed by atoms with van der Waals surface area (Å²) in [6.45, 7) is 5.10. The molecule has 1 aliphatic heterocycles. The van der Waals surface area contributed by atoms with Crippen molar-refractivity contribution >= 4 is 11.6 Å². The van der Waals surface area contributed by atoms with E-state index in [1.807, 2.05) is 24.0 Å². The molecular formula is C17H22N4O4. The fourth-order valence-electron chi connectivity index (χ4n) is 3.27. The number of carbonyl (C=O) groups excluding carboxylic acids is 1. The first-order valence-corrected chi connectivity index (χ1v) is 8.46. The minimum atomic E-state index is -0.493. The predicted molar refractivity (Wildman–Crippen MR) is 89.8 cm³/mol. The van der Waals surface area contributed by atoms with Crippen LogP contribution in [0, 0.1) is 23.0 Å². The van der Waals surface area contributed by atoms with Crippen molar-refractivity contribution in [2.45, 2.75) is 45.7 Å². The summed E-state index contributed by atoms with van der Waals surface area (Å²) in [5.41, 5.74) is -0.0665. The minimum Gasteiger partial charge on any atom is -0.464 e. The number of rotatable bonds is 5. The zero-order valence-corrected chi connectivity index (χ0v) is 14.4. The summed E-state index contributed by atoms with van der Waals surface area (Å²) in [5, 5.41) is 14.6. The lowest BCUT2D eigenvalue weighted by Gasteiger charge is -2.37. The quantitative estimate of drug-likeness (QED) is 0.612. The highest BCUT2D eigenvalue weighted by Gasteiger charge is 2.32. The van der Waals surface area contributed by atoms with Crippen molar-refractivity contribution in [2.75, 3.05) is 6.54 Å². The summed E-state index contributed by atoms with van der Waals surface area (Å²) < 4.78 is 7.20. The number of furan rings is 1. The molecule has 3 heterocycles. The third-order valence-corrected chi connectivity index (χ3v) is 4.66. The second kappa shape index (κ2) is 7.08. The summed E-state index contributed by atoms with van der Waals surface area (Å²) in [6.07, 6.45) is 4.64. The lowest BCUT2D eigenvalue weighted by Crippen LogP contribution is -2.40. The molecule has 0 bridgehead atoms. The van der Waals surface area contributed by atoms with Gasteiger partial charge in [-0.25, -0.2) is 0 Å². The first kappa shape index (κ1) is 17.2. The zero-order chi connectivity index (χ0) is 18.0. The van der Waals surface area contributed by atoms with E-state index in [1.54, 1.807) is 0 Å². The number of hydrogen-bond acceptors (Lipinski definition) is 5. The average Bonchev–Trinajstić information content (AvgIpc) is 3.21. The molecule has 8 nitrogen and oxygen atoms in total. The van der Waals surface area contributed by atoms with Crippen LogP contribution in [-0.4, -0.2) is 32.1 Å². The van der Waals surface area contributed by atoms with Crippen LogP contribution in [0.25, 0.3) is 0 Å². The summed E-state index contributed by atoms with van der Waals surface area (Å²) in [4.78, 5) is 24.8. The molecule has 134 valence electrons. The van der Waals surface area contributed by atoms with Gasteiger partial charge in [0.1, 0.15) is 23.9 Å². The number of likely N-dealkylation sites (tertiary alicyclic amines) is 1. The number of hydrogen-bond donors (Lipinski definition) is 0. The van der Waals surface area contributed by atoms with Crippen molar-refractivity contribution in [3.05, 3.63) is 46.2 Å². The Morgan fingerprint density at radius 1 is 1.48 bits per heavy atom. The van der Waals surface area contributed by atoms with Gasteiger partial charge < -0.3 is 9.32 Å². The van der Waals surface area contributed by atoms with E-state index in [2.05, 4.69) is 12.0 Å². The van der Waals surface area contributed by atoms with Crippen LogP contribution >= 0.6 is 0 Å². The van der Waals surface area contributed by atoms with Crippen molar-refractivity contribution in [2.24, 2.45) is 5.92 Å². The fraction of sp³-hybridized carbons (Fsp3) is 0.529. The van der Waals surface area contributed by atoms with E-state index in [0.29, 0.717) is 19.0 Å². The summed E-state index contributed by atoms with van der Waals surface area (Å²) in [7, 11) is 0. The Balaban J connectivity index is 1.67. The van der Waals surface area contributed by atoms with E-state index in [9.17, 15) is 14.9 Å². The smallest absolute Gasteiger partial charge is 0.306 e. The van der Waals surface area contributed by atoms with Crippen molar-refractivity contribution < 1.29 is 14.1 Å². The molecular weight excluding hydrogens is 324 g/mol. The van der Waals surface area contributed by atoms with Gasteiger partial charge in [0, 0.05) is 19.5 Å². The van der Waals surface area contributed by atoms with Gasteiger partial charge >= 0.3 is 5.69 Å². The van der Waals surface area contributed by atoms with Crippen LogP contribution in [0.1, 0.15) is 43.7 Å². The Hall–Kier alpha value is -2.64. The second-order valence-corrected chi connectivity index (χ2v) is 6.65. The molecule has 2 atom stereocenters. The molecule has 0 N–H and O–H groups in total. The van der Waals surface area contributed by atoms with Gasteiger partial charge in [0.25, 0.3) is 0 Å². The van der Waals surface area contributed by atoms with Gasteiger partial charge in [-0.15, -0.1) is 0 Å². The first-order chi connectivity index (χ1) is 11.9. The van der Waals surface area contributed by atoms with Gasteiger partial charge in [0.05, 0.1) is 11.0 Å². The molecule has 2 aromatic heterocycles. The van der Waals surface area contributed by atoms with E-state index < -0.39 is 4.92 Å². The monoisotopic (exact) mass is 346 g/mol. The van der Waals surface area contributed by atoms with Crippen LogP contribution in [-0.2, 0) is 11.3 Å². The number of aryl methyl sites for hydroxylation is 2. The van der Waals surface area contributed by atoms with Gasteiger partial charge in [0.2, 0.25) is 5.91 Å². The average molecular weight is 346 g/mol. The summed E-state index contributed by atoms with van der Waals surface area (Å²) in [6, 6.07) is 3.81. The number of piperidine rings is 1. The van der Waals surface area contributed by atoms with Crippen molar-refractivity contribution in [1.82, 2.24) is 14.7 Å². The van der Waals surface area contributed by atoms with Gasteiger partial charge in [0.15, 0.2) is 0 Å². The van der Waals surface area contributed by atoms with Gasteiger partial charge in [-0.05, 0) is 37.8 Å². The van der Waals surface area contributed by atoms with Crippen LogP contribution in [0.5, 0.6) is 0 Å². The molecule has 8 heteroatoms. The SMILES string of the molecule is Cc1ccc([C@H]2C[C@H](C)CCN2C(=O)CCn2cc([N+](=O)[O-])cn2)o1. The molecule has 0 aromatic carbocycles. The number of carbonyl (C=O) groups is 1. The number of nitrogens with zero attached hydrogens (tertiary/aromatic N) is 4. The number of aromatic nitrogens is 2. The number of nitro groups is 1. The largest absolute Gasteiger partial charge is 0.464 e. The lowest BCUT2D eigenvalue weighted by molar-refractivity contribution is -0.385. The molecule has 3 rings (SSSR count). The van der Waals surface area contributed by atoms with Gasteiger partial charge in [-0.3, -0.25) is 19.6 Å². The topological polar surface area (TPSA) is 94.4 Å². The Bertz CT molecular complexity index is 766. The zero-order valence-electron chi connectivity index (χ0n) is 14.4. The van der Waals surface area contributed by atoms with Crippen LogP contribution in [0.4, 0.5) is 5.69 Å². The van der Waals surface area contributed by atoms with Crippen LogP contribution in [0.2, 0.25) is 0 Å². The molecule has 1 saturated heterocycles. The minimum absolute atomic E-state index is 0.0177. The van der Waals surface area contributed by atoms with Crippen molar-refractivity contribution in [3.8, 4) is 0 Å². The molecule has 0 saturated carbocycles. The lowest BCUT2D eigenvalue weighted by atomic mass is 9.91. The van der Waals surface area contributed by atoms with E-state index in [4.69, 9.17) is 4.42 Å². The Labute approximate surface area is 145 Å². The summed E-state index contributed by atoms with van der Waals surface area (Å²) >= 11 is 0. The van der Waals surface area contributed by atoms with Gasteiger partial charge in [-0.1, -0.05) is 6.92 Å². The standard InChI is InChI=1S/C17H22N4O4/c1-12-5-8-20(15(9-12)16-4-3-13(2)25-16)17(22)6-7-19-11-14(10-18-19)21(23)24/h3-4,10-12,15H,5-9H2,1-2H3/t12-,15-/m1/s1. The summed E-state index contributed by atoms with van der Waals surface area (Å²) in [5.74, 6) is 2.22. The molecule has 0 spiro atoms. The normalized spacial score (nSPS) is 20.6.